The molecule has 8 rings (SSSR count). The fourth-order valence-electron chi connectivity index (χ4n) is 7.73. The standard InChI is InChI=1S/C45H42F3N5O3S/c1-57(2,3)23-22-56-29-52-35(25-39-40(52)26-38(48)42(49-39)50-41(31-10-6-4-7-11-31)32-12-8-5-9-13-32)28-53-43(54)36-24-34(47)18-19-37(36)45(53)20-21-51(44(45)55)27-30-14-16-33(46)17-15-30/h4-19,24-26H,20-23,27-29H2,1-3H3. The van der Waals surface area contributed by atoms with E-state index in [2.05, 4.69) is 18.8 Å². The highest BCUT2D eigenvalue weighted by atomic mass is 32.3. The zero-order valence-corrected chi connectivity index (χ0v) is 32.7. The van der Waals surface area contributed by atoms with Gasteiger partial charge < -0.3 is 19.1 Å². The molecule has 57 heavy (non-hydrogen) atoms. The molecule has 2 aliphatic heterocycles. The van der Waals surface area contributed by atoms with E-state index in [1.807, 2.05) is 60.7 Å². The molecule has 0 bridgehead atoms. The Morgan fingerprint density at radius 1 is 0.825 bits per heavy atom. The Kier molecular flexibility index (Phi) is 10.3. The van der Waals surface area contributed by atoms with Gasteiger partial charge in [0.25, 0.3) is 11.8 Å². The Morgan fingerprint density at radius 3 is 2.16 bits per heavy atom. The molecule has 0 N–H and O–H groups in total. The lowest BCUT2D eigenvalue weighted by atomic mass is 9.87. The van der Waals surface area contributed by atoms with E-state index in [0.717, 1.165) is 22.4 Å². The van der Waals surface area contributed by atoms with Crippen molar-refractivity contribution in [2.75, 3.05) is 37.7 Å². The van der Waals surface area contributed by atoms with Gasteiger partial charge in [-0.25, -0.2) is 33.2 Å². The van der Waals surface area contributed by atoms with Crippen LogP contribution < -0.4 is 0 Å². The van der Waals surface area contributed by atoms with Gasteiger partial charge in [-0.05, 0) is 54.7 Å². The second kappa shape index (κ2) is 15.3. The van der Waals surface area contributed by atoms with E-state index in [-0.39, 0.29) is 49.3 Å². The van der Waals surface area contributed by atoms with Gasteiger partial charge in [-0.3, -0.25) is 9.59 Å². The minimum atomic E-state index is -1.42. The number of nitrogens with zero attached hydrogens (tertiary/aromatic N) is 5. The molecule has 0 aliphatic carbocycles. The first-order valence-corrected chi connectivity index (χ1v) is 21.7. The van der Waals surface area contributed by atoms with Gasteiger partial charge in [0, 0.05) is 59.3 Å². The first-order chi connectivity index (χ1) is 27.4. The molecule has 0 saturated carbocycles. The van der Waals surface area contributed by atoms with Crippen molar-refractivity contribution in [2.45, 2.75) is 31.8 Å². The lowest BCUT2D eigenvalue weighted by Crippen LogP contribution is -2.49. The van der Waals surface area contributed by atoms with Crippen LogP contribution in [0, 0.1) is 17.5 Å². The summed E-state index contributed by atoms with van der Waals surface area (Å²) in [5.41, 5.74) is 3.42. The number of aliphatic imine (C=N–C) groups is 1. The van der Waals surface area contributed by atoms with Crippen molar-refractivity contribution >= 4 is 44.4 Å². The Labute approximate surface area is 330 Å². The van der Waals surface area contributed by atoms with Gasteiger partial charge in [-0.15, -0.1) is 0 Å². The van der Waals surface area contributed by atoms with E-state index < -0.39 is 33.1 Å². The van der Waals surface area contributed by atoms with Crippen LogP contribution >= 0.6 is 10.0 Å². The van der Waals surface area contributed by atoms with Crippen LogP contribution in [0.2, 0.25) is 0 Å². The highest BCUT2D eigenvalue weighted by Gasteiger charge is 2.59. The molecule has 1 saturated heterocycles. The summed E-state index contributed by atoms with van der Waals surface area (Å²) in [6, 6.07) is 32.1. The second-order valence-corrected chi connectivity index (χ2v) is 19.9. The maximum Gasteiger partial charge on any atom is 0.255 e. The number of ether oxygens (including phenoxy) is 1. The van der Waals surface area contributed by atoms with Crippen LogP contribution in [0.5, 0.6) is 0 Å². The topological polar surface area (TPSA) is 80.0 Å². The first-order valence-electron chi connectivity index (χ1n) is 18.7. The number of rotatable bonds is 12. The van der Waals surface area contributed by atoms with Gasteiger partial charge in [0.15, 0.2) is 17.2 Å². The maximum atomic E-state index is 16.3. The highest BCUT2D eigenvalue weighted by molar-refractivity contribution is 8.32. The summed E-state index contributed by atoms with van der Waals surface area (Å²) >= 11 is 0. The van der Waals surface area contributed by atoms with Crippen LogP contribution in [-0.4, -0.2) is 74.5 Å². The number of hydrogen-bond acceptors (Lipinski definition) is 5. The number of carbonyl (C=O) groups excluding carboxylic acids is 2. The SMILES string of the molecule is CS(C)(C)CCOCn1c(CN2C(=O)c3cc(F)ccc3C23CCN(Cc2ccc(F)cc2)C3=O)cc2nc(N=C(c3ccccc3)c3ccccc3)c(F)cc21. The molecular weight excluding hydrogens is 748 g/mol. The number of carbonyl (C=O) groups is 2. The first kappa shape index (κ1) is 38.2. The molecule has 4 heterocycles. The second-order valence-electron chi connectivity index (χ2n) is 15.3. The average Bonchev–Trinajstić information content (AvgIpc) is 3.78. The molecule has 4 aromatic carbocycles. The van der Waals surface area contributed by atoms with E-state index in [1.165, 1.54) is 41.3 Å². The van der Waals surface area contributed by atoms with Crippen molar-refractivity contribution in [1.82, 2.24) is 19.4 Å². The number of aromatic nitrogens is 2. The Hall–Kier alpha value is -5.72. The van der Waals surface area contributed by atoms with E-state index in [0.29, 0.717) is 41.2 Å². The number of amides is 2. The molecule has 8 nitrogen and oxygen atoms in total. The van der Waals surface area contributed by atoms with Gasteiger partial charge in [0.2, 0.25) is 0 Å². The van der Waals surface area contributed by atoms with Gasteiger partial charge in [0.05, 0.1) is 29.9 Å². The minimum Gasteiger partial charge on any atom is -0.360 e. The minimum absolute atomic E-state index is 0.0403. The van der Waals surface area contributed by atoms with E-state index >= 15 is 4.39 Å². The lowest BCUT2D eigenvalue weighted by Gasteiger charge is -2.34. The molecule has 1 fully saturated rings. The average molecular weight is 790 g/mol. The van der Waals surface area contributed by atoms with Crippen LogP contribution in [0.15, 0.2) is 120 Å². The van der Waals surface area contributed by atoms with Crippen LogP contribution in [0.25, 0.3) is 11.0 Å². The third kappa shape index (κ3) is 7.47. The van der Waals surface area contributed by atoms with Crippen molar-refractivity contribution in [3.05, 3.63) is 166 Å². The van der Waals surface area contributed by atoms with Gasteiger partial charge in [-0.1, -0.05) is 78.9 Å². The third-order valence-corrected chi connectivity index (χ3v) is 12.0. The number of fused-ring (bicyclic) bond motifs is 3. The summed E-state index contributed by atoms with van der Waals surface area (Å²) in [5, 5.41) is 0. The van der Waals surface area contributed by atoms with Gasteiger partial charge in [0.1, 0.15) is 18.4 Å². The fraction of sp³-hybridized carbons (Fsp3) is 0.244. The zero-order valence-electron chi connectivity index (χ0n) is 31.9. The van der Waals surface area contributed by atoms with Crippen molar-refractivity contribution in [3.8, 4) is 0 Å². The Morgan fingerprint density at radius 2 is 1.49 bits per heavy atom. The molecule has 2 amide bonds. The normalized spacial score (nSPS) is 16.9. The molecule has 2 aromatic heterocycles. The summed E-state index contributed by atoms with van der Waals surface area (Å²) < 4.78 is 52.7. The summed E-state index contributed by atoms with van der Waals surface area (Å²) in [6.07, 6.45) is 6.86. The van der Waals surface area contributed by atoms with E-state index in [1.54, 1.807) is 27.7 Å². The van der Waals surface area contributed by atoms with Crippen LogP contribution in [-0.2, 0) is 34.9 Å². The number of halogens is 3. The van der Waals surface area contributed by atoms with Gasteiger partial charge in [-0.2, -0.15) is 0 Å². The quantitative estimate of drug-likeness (QED) is 0.0920. The Bertz CT molecular complexity index is 2460. The molecule has 292 valence electrons. The highest BCUT2D eigenvalue weighted by Crippen LogP contribution is 2.48. The van der Waals surface area contributed by atoms with Crippen molar-refractivity contribution < 1.29 is 27.5 Å². The van der Waals surface area contributed by atoms with E-state index in [9.17, 15) is 18.4 Å². The molecule has 6 aromatic rings. The summed E-state index contributed by atoms with van der Waals surface area (Å²) in [6.45, 7) is 0.955. The zero-order chi connectivity index (χ0) is 39.9. The molecule has 0 radical (unpaired) electrons. The fourth-order valence-corrected chi connectivity index (χ4v) is 8.35. The number of hydrogen-bond donors (Lipinski definition) is 0. The Balaban J connectivity index is 1.21. The predicted molar refractivity (Wildman–Crippen MR) is 218 cm³/mol. The van der Waals surface area contributed by atoms with E-state index in [4.69, 9.17) is 14.7 Å². The van der Waals surface area contributed by atoms with Crippen LogP contribution in [0.4, 0.5) is 19.0 Å². The summed E-state index contributed by atoms with van der Waals surface area (Å²) in [7, 11) is -0.865. The van der Waals surface area contributed by atoms with Crippen molar-refractivity contribution in [3.63, 3.8) is 0 Å². The third-order valence-electron chi connectivity index (χ3n) is 10.6. The van der Waals surface area contributed by atoms with Crippen LogP contribution in [0.3, 0.4) is 0 Å². The number of likely N-dealkylation sites (tertiary alicyclic amines) is 1. The summed E-state index contributed by atoms with van der Waals surface area (Å²) in [4.78, 5) is 41.7. The molecular formula is C45H42F3N5O3S. The van der Waals surface area contributed by atoms with Gasteiger partial charge >= 0.3 is 0 Å². The molecule has 2 aliphatic rings. The maximum absolute atomic E-state index is 16.3. The monoisotopic (exact) mass is 789 g/mol. The van der Waals surface area contributed by atoms with Crippen LogP contribution in [0.1, 0.15) is 44.7 Å². The predicted octanol–water partition coefficient (Wildman–Crippen LogP) is 8.57. The lowest BCUT2D eigenvalue weighted by molar-refractivity contribution is -0.137. The largest absolute Gasteiger partial charge is 0.360 e. The van der Waals surface area contributed by atoms with Crippen molar-refractivity contribution in [1.29, 1.82) is 0 Å². The number of benzene rings is 4. The molecule has 1 spiro atoms. The summed E-state index contributed by atoms with van der Waals surface area (Å²) in [5.74, 6) is -1.67. The number of pyridine rings is 1. The smallest absolute Gasteiger partial charge is 0.255 e. The molecule has 1 atom stereocenters. The molecule has 1 unspecified atom stereocenters. The molecule has 12 heteroatoms. The van der Waals surface area contributed by atoms with Crippen molar-refractivity contribution in [2.24, 2.45) is 4.99 Å².